The van der Waals surface area contributed by atoms with E-state index < -0.39 is 0 Å². The van der Waals surface area contributed by atoms with E-state index in [1.807, 2.05) is 12.1 Å². The van der Waals surface area contributed by atoms with Crippen molar-refractivity contribution in [2.45, 2.75) is 57.9 Å². The van der Waals surface area contributed by atoms with Gasteiger partial charge in [-0.1, -0.05) is 11.6 Å². The molecule has 1 N–H and O–H groups in total. The lowest BCUT2D eigenvalue weighted by Gasteiger charge is -2.57. The summed E-state index contributed by atoms with van der Waals surface area (Å²) in [5.41, 5.74) is 1.60. The molecule has 0 aromatic carbocycles. The highest BCUT2D eigenvalue weighted by molar-refractivity contribution is 6.31. The molecule has 0 aliphatic heterocycles. The van der Waals surface area contributed by atoms with E-state index in [2.05, 4.69) is 17.2 Å². The summed E-state index contributed by atoms with van der Waals surface area (Å²) < 4.78 is 0. The van der Waals surface area contributed by atoms with E-state index in [1.165, 1.54) is 44.9 Å². The van der Waals surface area contributed by atoms with Crippen LogP contribution in [0.2, 0.25) is 5.15 Å². The monoisotopic (exact) mass is 304 g/mol. The number of pyridine rings is 1. The van der Waals surface area contributed by atoms with Crippen LogP contribution in [0.5, 0.6) is 0 Å². The Kier molecular flexibility index (Phi) is 3.40. The van der Waals surface area contributed by atoms with Gasteiger partial charge in [0.2, 0.25) is 0 Å². The molecular weight excluding hydrogens is 280 g/mol. The van der Waals surface area contributed by atoms with Crippen LogP contribution in [0.1, 0.15) is 51.9 Å². The first-order valence-corrected chi connectivity index (χ1v) is 8.87. The van der Waals surface area contributed by atoms with Gasteiger partial charge < -0.3 is 5.32 Å². The maximum absolute atomic E-state index is 6.17. The highest BCUT2D eigenvalue weighted by Gasteiger charge is 2.50. The van der Waals surface area contributed by atoms with E-state index in [0.29, 0.717) is 16.6 Å². The average Bonchev–Trinajstić information content (AvgIpc) is 2.39. The molecule has 5 rings (SSSR count). The molecule has 4 saturated carbocycles. The zero-order valence-corrected chi connectivity index (χ0v) is 13.6. The van der Waals surface area contributed by atoms with Crippen LogP contribution >= 0.6 is 11.6 Å². The summed E-state index contributed by atoms with van der Waals surface area (Å²) in [6.45, 7) is 2.31. The maximum Gasteiger partial charge on any atom is 0.152 e. The van der Waals surface area contributed by atoms with Crippen LogP contribution in [0.4, 0.5) is 5.69 Å². The van der Waals surface area contributed by atoms with Crippen LogP contribution in [0.15, 0.2) is 18.3 Å². The molecule has 4 fully saturated rings. The second-order valence-electron chi connectivity index (χ2n) is 8.01. The third-order valence-corrected chi connectivity index (χ3v) is 6.37. The van der Waals surface area contributed by atoms with E-state index >= 15 is 0 Å². The van der Waals surface area contributed by atoms with Crippen molar-refractivity contribution in [3.05, 3.63) is 23.5 Å². The summed E-state index contributed by atoms with van der Waals surface area (Å²) in [4.78, 5) is 4.16. The Morgan fingerprint density at radius 1 is 1.24 bits per heavy atom. The molecule has 3 heteroatoms. The molecule has 4 bridgehead atoms. The third kappa shape index (κ3) is 2.67. The minimum absolute atomic E-state index is 0.475. The van der Waals surface area contributed by atoms with Gasteiger partial charge in [0.1, 0.15) is 0 Å². The fraction of sp³-hybridized carbons (Fsp3) is 0.722. The van der Waals surface area contributed by atoms with E-state index in [9.17, 15) is 0 Å². The molecule has 2 nitrogen and oxygen atoms in total. The lowest BCUT2D eigenvalue weighted by molar-refractivity contribution is -0.0587. The number of nitrogens with zero attached hydrogens (tertiary/aromatic N) is 1. The summed E-state index contributed by atoms with van der Waals surface area (Å²) in [6.07, 6.45) is 12.0. The van der Waals surface area contributed by atoms with Gasteiger partial charge in [-0.05, 0) is 87.2 Å². The molecule has 4 aliphatic carbocycles. The number of anilines is 1. The number of nitrogens with one attached hydrogen (secondary N) is 1. The van der Waals surface area contributed by atoms with Crippen molar-refractivity contribution in [1.82, 2.24) is 4.98 Å². The SMILES string of the molecule is CC(CC12CC3CC(CC(C3)C1)C2)Nc1cccnc1Cl. The second kappa shape index (κ2) is 5.15. The number of hydrogen-bond acceptors (Lipinski definition) is 2. The van der Waals surface area contributed by atoms with Crippen molar-refractivity contribution in [3.63, 3.8) is 0 Å². The molecular formula is C18H25ClN2. The summed E-state index contributed by atoms with van der Waals surface area (Å²) in [6, 6.07) is 4.46. The van der Waals surface area contributed by atoms with Crippen LogP contribution in [-0.2, 0) is 0 Å². The molecule has 1 unspecified atom stereocenters. The van der Waals surface area contributed by atoms with Crippen molar-refractivity contribution < 1.29 is 0 Å². The third-order valence-electron chi connectivity index (χ3n) is 6.07. The molecule has 1 heterocycles. The van der Waals surface area contributed by atoms with Crippen molar-refractivity contribution in [2.75, 3.05) is 5.32 Å². The van der Waals surface area contributed by atoms with E-state index in [0.717, 1.165) is 23.4 Å². The Labute approximate surface area is 132 Å². The van der Waals surface area contributed by atoms with Gasteiger partial charge in [-0.2, -0.15) is 0 Å². The average molecular weight is 305 g/mol. The molecule has 4 aliphatic rings. The van der Waals surface area contributed by atoms with Crippen LogP contribution in [0, 0.1) is 23.2 Å². The summed E-state index contributed by atoms with van der Waals surface area (Å²) in [5.74, 6) is 3.10. The Bertz CT molecular complexity index is 492. The van der Waals surface area contributed by atoms with E-state index in [-0.39, 0.29) is 0 Å². The van der Waals surface area contributed by atoms with Crippen LogP contribution in [-0.4, -0.2) is 11.0 Å². The lowest BCUT2D eigenvalue weighted by Crippen LogP contribution is -2.47. The Balaban J connectivity index is 1.45. The van der Waals surface area contributed by atoms with Crippen molar-refractivity contribution >= 4 is 17.3 Å². The fourth-order valence-electron chi connectivity index (χ4n) is 6.00. The smallest absolute Gasteiger partial charge is 0.152 e. The maximum atomic E-state index is 6.17. The first-order valence-electron chi connectivity index (χ1n) is 8.49. The van der Waals surface area contributed by atoms with Crippen LogP contribution in [0.25, 0.3) is 0 Å². The predicted molar refractivity (Wildman–Crippen MR) is 87.6 cm³/mol. The number of halogens is 1. The molecule has 1 aromatic rings. The van der Waals surface area contributed by atoms with Gasteiger partial charge in [0.05, 0.1) is 5.69 Å². The zero-order chi connectivity index (χ0) is 14.4. The fourth-order valence-corrected chi connectivity index (χ4v) is 6.17. The molecule has 1 atom stereocenters. The Hall–Kier alpha value is -0.760. The second-order valence-corrected chi connectivity index (χ2v) is 8.37. The standard InChI is InChI=1S/C18H25ClN2/c1-12(21-16-3-2-4-20-17(16)19)8-18-9-13-5-14(10-18)7-15(6-13)11-18/h2-4,12-15,21H,5-11H2,1H3. The van der Waals surface area contributed by atoms with Crippen molar-refractivity contribution in [1.29, 1.82) is 0 Å². The molecule has 21 heavy (non-hydrogen) atoms. The summed E-state index contributed by atoms with van der Waals surface area (Å²) in [5, 5.41) is 4.18. The van der Waals surface area contributed by atoms with E-state index in [4.69, 9.17) is 11.6 Å². The minimum Gasteiger partial charge on any atom is -0.380 e. The molecule has 0 amide bonds. The van der Waals surface area contributed by atoms with Gasteiger partial charge in [-0.3, -0.25) is 0 Å². The van der Waals surface area contributed by atoms with Crippen LogP contribution in [0.3, 0.4) is 0 Å². The molecule has 0 saturated heterocycles. The summed E-state index contributed by atoms with van der Waals surface area (Å²) in [7, 11) is 0. The zero-order valence-electron chi connectivity index (χ0n) is 12.8. The number of hydrogen-bond donors (Lipinski definition) is 1. The molecule has 0 spiro atoms. The van der Waals surface area contributed by atoms with Gasteiger partial charge in [-0.25, -0.2) is 4.98 Å². The summed E-state index contributed by atoms with van der Waals surface area (Å²) >= 11 is 6.17. The van der Waals surface area contributed by atoms with Crippen molar-refractivity contribution in [2.24, 2.45) is 23.2 Å². The first-order chi connectivity index (χ1) is 10.1. The van der Waals surface area contributed by atoms with Crippen LogP contribution < -0.4 is 5.32 Å². The molecule has 1 aromatic heterocycles. The Morgan fingerprint density at radius 3 is 2.43 bits per heavy atom. The minimum atomic E-state index is 0.475. The normalized spacial score (nSPS) is 38.5. The highest BCUT2D eigenvalue weighted by atomic mass is 35.5. The topological polar surface area (TPSA) is 24.9 Å². The van der Waals surface area contributed by atoms with Gasteiger partial charge in [-0.15, -0.1) is 0 Å². The quantitative estimate of drug-likeness (QED) is 0.779. The van der Waals surface area contributed by atoms with Gasteiger partial charge in [0, 0.05) is 12.2 Å². The number of aromatic nitrogens is 1. The van der Waals surface area contributed by atoms with Gasteiger partial charge in [0.15, 0.2) is 5.15 Å². The predicted octanol–water partition coefficient (Wildman–Crippen LogP) is 5.14. The molecule has 114 valence electrons. The van der Waals surface area contributed by atoms with Crippen molar-refractivity contribution in [3.8, 4) is 0 Å². The largest absolute Gasteiger partial charge is 0.380 e. The van der Waals surface area contributed by atoms with Gasteiger partial charge in [0.25, 0.3) is 0 Å². The lowest BCUT2D eigenvalue weighted by atomic mass is 9.48. The van der Waals surface area contributed by atoms with Gasteiger partial charge >= 0.3 is 0 Å². The molecule has 0 radical (unpaired) electrons. The first kappa shape index (κ1) is 13.9. The highest BCUT2D eigenvalue weighted by Crippen LogP contribution is 2.61. The Morgan fingerprint density at radius 2 is 1.86 bits per heavy atom. The van der Waals surface area contributed by atoms with E-state index in [1.54, 1.807) is 6.20 Å². The number of rotatable bonds is 4.